The first-order valence-electron chi connectivity index (χ1n) is 6.46. The molecule has 1 aromatic carbocycles. The number of hydrogen-bond acceptors (Lipinski definition) is 4. The Morgan fingerprint density at radius 3 is 2.89 bits per heavy atom. The number of nitrogens with one attached hydrogen (secondary N) is 1. The Bertz CT molecular complexity index is 461. The number of hydrogen-bond donors (Lipinski definition) is 1. The van der Waals surface area contributed by atoms with Gasteiger partial charge in [-0.15, -0.1) is 0 Å². The van der Waals surface area contributed by atoms with Gasteiger partial charge in [0.25, 0.3) is 5.69 Å². The lowest BCUT2D eigenvalue weighted by atomic mass is 10.0. The highest BCUT2D eigenvalue weighted by molar-refractivity contribution is 14.1. The summed E-state index contributed by atoms with van der Waals surface area (Å²) in [6, 6.07) is 5.80. The third-order valence-electron chi connectivity index (χ3n) is 3.48. The van der Waals surface area contributed by atoms with Crippen LogP contribution in [0, 0.1) is 13.7 Å². The average molecular weight is 375 g/mol. The van der Waals surface area contributed by atoms with E-state index in [9.17, 15) is 10.1 Å². The van der Waals surface area contributed by atoms with Gasteiger partial charge >= 0.3 is 0 Å². The average Bonchev–Trinajstić information content (AvgIpc) is 2.39. The summed E-state index contributed by atoms with van der Waals surface area (Å²) in [5.41, 5.74) is 1.20. The van der Waals surface area contributed by atoms with E-state index in [0.29, 0.717) is 9.61 Å². The summed E-state index contributed by atoms with van der Waals surface area (Å²) in [4.78, 5) is 12.6. The van der Waals surface area contributed by atoms with Gasteiger partial charge in [0.05, 0.1) is 8.49 Å². The second-order valence-electron chi connectivity index (χ2n) is 4.92. The van der Waals surface area contributed by atoms with Crippen LogP contribution in [-0.4, -0.2) is 31.1 Å². The largest absolute Gasteiger partial charge is 0.373 e. The zero-order valence-electron chi connectivity index (χ0n) is 10.9. The summed E-state index contributed by atoms with van der Waals surface area (Å²) in [7, 11) is 2.04. The van der Waals surface area contributed by atoms with Crippen molar-refractivity contribution in [1.29, 1.82) is 0 Å². The van der Waals surface area contributed by atoms with E-state index >= 15 is 0 Å². The van der Waals surface area contributed by atoms with Gasteiger partial charge in [0, 0.05) is 31.4 Å². The number of nitro groups is 1. The molecule has 0 bridgehead atoms. The fourth-order valence-corrected chi connectivity index (χ4v) is 3.09. The van der Waals surface area contributed by atoms with E-state index in [1.54, 1.807) is 6.07 Å². The number of halogens is 1. The van der Waals surface area contributed by atoms with Gasteiger partial charge in [0.1, 0.15) is 0 Å². The Morgan fingerprint density at radius 2 is 2.32 bits per heavy atom. The van der Waals surface area contributed by atoms with Gasteiger partial charge in [0.15, 0.2) is 0 Å². The molecule has 1 N–H and O–H groups in total. The predicted octanol–water partition coefficient (Wildman–Crippen LogP) is 2.78. The molecule has 1 fully saturated rings. The normalized spacial score (nSPS) is 19.2. The molecular formula is C13H18IN3O2. The second kappa shape index (κ2) is 6.51. The summed E-state index contributed by atoms with van der Waals surface area (Å²) in [6.45, 7) is 2.03. The quantitative estimate of drug-likeness (QED) is 0.500. The van der Waals surface area contributed by atoms with E-state index in [4.69, 9.17) is 0 Å². The van der Waals surface area contributed by atoms with E-state index in [1.807, 2.05) is 41.8 Å². The number of anilines is 1. The minimum atomic E-state index is -0.339. The van der Waals surface area contributed by atoms with Crippen LogP contribution >= 0.6 is 22.6 Å². The first kappa shape index (κ1) is 14.5. The van der Waals surface area contributed by atoms with Gasteiger partial charge in [-0.3, -0.25) is 10.1 Å². The van der Waals surface area contributed by atoms with Crippen LogP contribution in [0.1, 0.15) is 19.3 Å². The van der Waals surface area contributed by atoms with Gasteiger partial charge in [-0.05, 0) is 54.1 Å². The van der Waals surface area contributed by atoms with Crippen LogP contribution in [0.4, 0.5) is 11.4 Å². The van der Waals surface area contributed by atoms with Crippen LogP contribution in [0.3, 0.4) is 0 Å². The second-order valence-corrected chi connectivity index (χ2v) is 6.08. The minimum Gasteiger partial charge on any atom is -0.373 e. The number of nitrogens with zero attached hydrogens (tertiary/aromatic N) is 2. The van der Waals surface area contributed by atoms with Crippen molar-refractivity contribution in [3.8, 4) is 0 Å². The van der Waals surface area contributed by atoms with Crippen molar-refractivity contribution in [3.63, 3.8) is 0 Å². The molecule has 1 aromatic rings. The van der Waals surface area contributed by atoms with Crippen molar-refractivity contribution in [2.24, 2.45) is 0 Å². The molecule has 1 aliphatic rings. The topological polar surface area (TPSA) is 58.4 Å². The summed E-state index contributed by atoms with van der Waals surface area (Å²) in [5, 5.41) is 14.3. The standard InChI is InChI=1S/C13H18IN3O2/c1-16(9-10-4-2-3-7-15-10)11-5-6-13(17(18)19)12(14)8-11/h5-6,8,10,15H,2-4,7,9H2,1H3. The van der Waals surface area contributed by atoms with Crippen molar-refractivity contribution >= 4 is 34.0 Å². The van der Waals surface area contributed by atoms with Crippen molar-refractivity contribution < 1.29 is 4.92 Å². The lowest BCUT2D eigenvalue weighted by Gasteiger charge is -2.29. The van der Waals surface area contributed by atoms with Crippen molar-refractivity contribution in [2.45, 2.75) is 25.3 Å². The van der Waals surface area contributed by atoms with Crippen LogP contribution in [0.2, 0.25) is 0 Å². The Hall–Kier alpha value is -0.890. The SMILES string of the molecule is CN(CC1CCCCN1)c1ccc([N+](=O)[O-])c(I)c1. The molecule has 0 spiro atoms. The van der Waals surface area contributed by atoms with Crippen LogP contribution in [0.25, 0.3) is 0 Å². The van der Waals surface area contributed by atoms with Gasteiger partial charge in [-0.1, -0.05) is 6.42 Å². The van der Waals surface area contributed by atoms with E-state index in [1.165, 1.54) is 19.3 Å². The zero-order valence-corrected chi connectivity index (χ0v) is 13.1. The van der Waals surface area contributed by atoms with Crippen molar-refractivity contribution in [2.75, 3.05) is 25.0 Å². The highest BCUT2D eigenvalue weighted by atomic mass is 127. The Morgan fingerprint density at radius 1 is 1.53 bits per heavy atom. The van der Waals surface area contributed by atoms with Crippen molar-refractivity contribution in [3.05, 3.63) is 31.9 Å². The number of rotatable bonds is 4. The third-order valence-corrected chi connectivity index (χ3v) is 4.34. The van der Waals surface area contributed by atoms with Gasteiger partial charge in [0.2, 0.25) is 0 Å². The fourth-order valence-electron chi connectivity index (χ4n) is 2.40. The molecule has 0 saturated carbocycles. The third kappa shape index (κ3) is 3.79. The van der Waals surface area contributed by atoms with Crippen LogP contribution in [-0.2, 0) is 0 Å². The van der Waals surface area contributed by atoms with E-state index in [2.05, 4.69) is 10.2 Å². The van der Waals surface area contributed by atoms with Gasteiger partial charge in [-0.2, -0.15) is 0 Å². The molecule has 1 atom stereocenters. The maximum atomic E-state index is 10.8. The van der Waals surface area contributed by atoms with Gasteiger partial charge in [-0.25, -0.2) is 0 Å². The Balaban J connectivity index is 2.04. The summed E-state index contributed by atoms with van der Waals surface area (Å²) >= 11 is 2.02. The smallest absolute Gasteiger partial charge is 0.282 e. The van der Waals surface area contributed by atoms with Crippen LogP contribution < -0.4 is 10.2 Å². The molecule has 0 aromatic heterocycles. The number of benzene rings is 1. The lowest BCUT2D eigenvalue weighted by molar-refractivity contribution is -0.385. The number of likely N-dealkylation sites (N-methyl/N-ethyl adjacent to an activating group) is 1. The number of piperidine rings is 1. The molecule has 1 unspecified atom stereocenters. The molecule has 1 saturated heterocycles. The summed E-state index contributed by atoms with van der Waals surface area (Å²) in [5.74, 6) is 0. The molecule has 1 heterocycles. The first-order valence-corrected chi connectivity index (χ1v) is 7.54. The molecule has 5 nitrogen and oxygen atoms in total. The Kier molecular flexibility index (Phi) is 4.98. The van der Waals surface area contributed by atoms with E-state index in [-0.39, 0.29) is 10.6 Å². The lowest BCUT2D eigenvalue weighted by Crippen LogP contribution is -2.42. The molecule has 0 radical (unpaired) electrons. The predicted molar refractivity (Wildman–Crippen MR) is 84.7 cm³/mol. The molecule has 2 rings (SSSR count). The maximum Gasteiger partial charge on any atom is 0.282 e. The molecule has 6 heteroatoms. The van der Waals surface area contributed by atoms with E-state index in [0.717, 1.165) is 18.8 Å². The number of nitro benzene ring substituents is 1. The maximum absolute atomic E-state index is 10.8. The highest BCUT2D eigenvalue weighted by Gasteiger charge is 2.17. The van der Waals surface area contributed by atoms with Crippen molar-refractivity contribution in [1.82, 2.24) is 5.32 Å². The van der Waals surface area contributed by atoms with Crippen LogP contribution in [0.5, 0.6) is 0 Å². The molecule has 1 aliphatic heterocycles. The minimum absolute atomic E-state index is 0.175. The Labute approximate surface area is 126 Å². The fraction of sp³-hybridized carbons (Fsp3) is 0.538. The summed E-state index contributed by atoms with van der Waals surface area (Å²) in [6.07, 6.45) is 3.74. The molecule has 104 valence electrons. The zero-order chi connectivity index (χ0) is 13.8. The molecular weight excluding hydrogens is 357 g/mol. The summed E-state index contributed by atoms with van der Waals surface area (Å²) < 4.78 is 0.684. The molecule has 0 aliphatic carbocycles. The van der Waals surface area contributed by atoms with E-state index < -0.39 is 0 Å². The van der Waals surface area contributed by atoms with Crippen LogP contribution in [0.15, 0.2) is 18.2 Å². The molecule has 19 heavy (non-hydrogen) atoms. The monoisotopic (exact) mass is 375 g/mol. The highest BCUT2D eigenvalue weighted by Crippen LogP contribution is 2.26. The molecule has 0 amide bonds. The first-order chi connectivity index (χ1) is 9.08. The van der Waals surface area contributed by atoms with Gasteiger partial charge < -0.3 is 10.2 Å².